The van der Waals surface area contributed by atoms with Gasteiger partial charge in [0.1, 0.15) is 12.4 Å². The summed E-state index contributed by atoms with van der Waals surface area (Å²) in [4.78, 5) is 27.4. The molecule has 244 valence electrons. The van der Waals surface area contributed by atoms with Gasteiger partial charge in [-0.15, -0.1) is 0 Å². The molecule has 1 heterocycles. The van der Waals surface area contributed by atoms with E-state index in [9.17, 15) is 22.8 Å². The number of anilines is 1. The molecule has 1 unspecified atom stereocenters. The Kier molecular flexibility index (Phi) is 10.1. The lowest BCUT2D eigenvalue weighted by atomic mass is 9.99. The first-order valence-corrected chi connectivity index (χ1v) is 15.2. The lowest BCUT2D eigenvalue weighted by Crippen LogP contribution is -2.50. The van der Waals surface area contributed by atoms with Crippen LogP contribution in [0.25, 0.3) is 6.08 Å². The first-order valence-electron chi connectivity index (χ1n) is 14.4. The van der Waals surface area contributed by atoms with Crippen molar-refractivity contribution in [3.63, 3.8) is 0 Å². The number of ether oxygens (including phenoxy) is 2. The molecule has 4 aromatic carbocycles. The van der Waals surface area contributed by atoms with Crippen molar-refractivity contribution >= 4 is 46.8 Å². The maximum absolute atomic E-state index is 13.4. The van der Waals surface area contributed by atoms with Crippen LogP contribution in [0.5, 0.6) is 5.75 Å². The zero-order chi connectivity index (χ0) is 33.8. The van der Waals surface area contributed by atoms with Crippen LogP contribution in [0, 0.1) is 0 Å². The minimum absolute atomic E-state index is 0.0156. The molecule has 0 bridgehead atoms. The fraction of sp³-hybridized carbons (Fsp3) is 0.200. The van der Waals surface area contributed by atoms with Gasteiger partial charge in [-0.3, -0.25) is 9.59 Å². The van der Waals surface area contributed by atoms with Crippen LogP contribution in [0.3, 0.4) is 0 Å². The number of hydrogen-bond acceptors (Lipinski definition) is 5. The van der Waals surface area contributed by atoms with Gasteiger partial charge in [0.25, 0.3) is 5.91 Å². The van der Waals surface area contributed by atoms with Gasteiger partial charge in [-0.25, -0.2) is 0 Å². The summed E-state index contributed by atoms with van der Waals surface area (Å²) < 4.78 is 51.2. The second-order valence-corrected chi connectivity index (χ2v) is 11.7. The van der Waals surface area contributed by atoms with Crippen LogP contribution in [0.1, 0.15) is 39.5 Å². The van der Waals surface area contributed by atoms with Gasteiger partial charge in [0, 0.05) is 39.5 Å². The molecule has 1 aliphatic heterocycles. The molecule has 2 amide bonds. The number of fused-ring (bicyclic) bond motifs is 1. The lowest BCUT2D eigenvalue weighted by molar-refractivity contribution is -0.137. The number of benzene rings is 4. The second kappa shape index (κ2) is 14.1. The van der Waals surface area contributed by atoms with Crippen LogP contribution >= 0.6 is 23.2 Å². The van der Waals surface area contributed by atoms with Gasteiger partial charge in [-0.2, -0.15) is 13.2 Å². The molecule has 47 heavy (non-hydrogen) atoms. The predicted molar refractivity (Wildman–Crippen MR) is 175 cm³/mol. The first-order chi connectivity index (χ1) is 22.3. The molecule has 12 heteroatoms. The van der Waals surface area contributed by atoms with Crippen molar-refractivity contribution in [2.45, 2.75) is 32.0 Å². The van der Waals surface area contributed by atoms with Crippen LogP contribution in [0.15, 0.2) is 96.7 Å². The molecule has 2 N–H and O–H groups in total. The minimum atomic E-state index is -4.53. The van der Waals surface area contributed by atoms with Crippen molar-refractivity contribution in [3.05, 3.63) is 135 Å². The van der Waals surface area contributed by atoms with Crippen molar-refractivity contribution < 1.29 is 32.2 Å². The van der Waals surface area contributed by atoms with E-state index in [1.165, 1.54) is 4.90 Å². The smallest absolute Gasteiger partial charge is 0.416 e. The molecule has 0 saturated carbocycles. The highest BCUT2D eigenvalue weighted by Gasteiger charge is 2.38. The number of alkyl halides is 3. The van der Waals surface area contributed by atoms with Gasteiger partial charge in [-0.05, 0) is 73.2 Å². The van der Waals surface area contributed by atoms with Gasteiger partial charge >= 0.3 is 6.18 Å². The number of amides is 2. The fourth-order valence-corrected chi connectivity index (χ4v) is 5.31. The molecule has 0 spiro atoms. The molecule has 0 fully saturated rings. The molecule has 0 saturated heterocycles. The van der Waals surface area contributed by atoms with Gasteiger partial charge in [-0.1, -0.05) is 59.6 Å². The van der Waals surface area contributed by atoms with E-state index in [1.54, 1.807) is 32.2 Å². The number of carbonyl (C=O) groups excluding carboxylic acids is 2. The third-order valence-corrected chi connectivity index (χ3v) is 8.35. The summed E-state index contributed by atoms with van der Waals surface area (Å²) in [5, 5.41) is 6.98. The summed E-state index contributed by atoms with van der Waals surface area (Å²) in [5.74, 6) is -0.625. The summed E-state index contributed by atoms with van der Waals surface area (Å²) in [6, 6.07) is 23.8. The van der Waals surface area contributed by atoms with E-state index in [0.717, 1.165) is 41.1 Å². The molecule has 0 aliphatic carbocycles. The van der Waals surface area contributed by atoms with Crippen LogP contribution in [-0.4, -0.2) is 36.0 Å². The van der Waals surface area contributed by atoms with Crippen molar-refractivity contribution in [2.75, 3.05) is 18.9 Å². The standard InChI is InChI=1S/C35H30Cl2F3N3O4/c1-34(47-21-24-8-4-6-10-29(24)37)31(43(2)32(44)19-41-33(45)22-11-13-26(14-12-22)35(38,39)40)18-25-17-27(15-16-30(25)42-34)46-20-23-7-3-5-9-28(23)36/h3-18,42H,19-21H2,1-2H3,(H,41,45). The number of nitrogens with one attached hydrogen (secondary N) is 2. The molecule has 5 rings (SSSR count). The second-order valence-electron chi connectivity index (χ2n) is 10.9. The predicted octanol–water partition coefficient (Wildman–Crippen LogP) is 8.18. The number of carbonyl (C=O) groups is 2. The Morgan fingerprint density at radius 2 is 1.51 bits per heavy atom. The van der Waals surface area contributed by atoms with Gasteiger partial charge in [0.05, 0.1) is 24.4 Å². The Morgan fingerprint density at radius 1 is 0.894 bits per heavy atom. The summed E-state index contributed by atoms with van der Waals surface area (Å²) in [6.07, 6.45) is -2.74. The monoisotopic (exact) mass is 683 g/mol. The van der Waals surface area contributed by atoms with Crippen LogP contribution < -0.4 is 15.4 Å². The highest BCUT2D eigenvalue weighted by Crippen LogP contribution is 2.38. The largest absolute Gasteiger partial charge is 0.489 e. The number of likely N-dealkylation sites (N-methyl/N-ethyl adjacent to an activating group) is 1. The van der Waals surface area contributed by atoms with E-state index < -0.39 is 35.8 Å². The number of hydrogen-bond donors (Lipinski definition) is 2. The van der Waals surface area contributed by atoms with E-state index in [-0.39, 0.29) is 18.8 Å². The first kappa shape index (κ1) is 33.8. The molecule has 1 aliphatic rings. The highest BCUT2D eigenvalue weighted by molar-refractivity contribution is 6.31. The van der Waals surface area contributed by atoms with Crippen molar-refractivity contribution in [1.82, 2.24) is 10.2 Å². The van der Waals surface area contributed by atoms with Crippen LogP contribution in [0.4, 0.5) is 18.9 Å². The van der Waals surface area contributed by atoms with Gasteiger partial charge in [0.2, 0.25) is 5.91 Å². The third-order valence-electron chi connectivity index (χ3n) is 7.61. The maximum Gasteiger partial charge on any atom is 0.416 e. The summed E-state index contributed by atoms with van der Waals surface area (Å²) in [7, 11) is 1.54. The average molecular weight is 685 g/mol. The van der Waals surface area contributed by atoms with E-state index in [4.69, 9.17) is 32.7 Å². The topological polar surface area (TPSA) is 79.9 Å². The molecular weight excluding hydrogens is 654 g/mol. The summed E-state index contributed by atoms with van der Waals surface area (Å²) in [5.41, 5.74) is 1.30. The molecule has 1 atom stereocenters. The van der Waals surface area contributed by atoms with E-state index in [2.05, 4.69) is 10.6 Å². The van der Waals surface area contributed by atoms with Gasteiger partial charge in [0.15, 0.2) is 5.72 Å². The van der Waals surface area contributed by atoms with E-state index in [1.807, 2.05) is 54.6 Å². The summed E-state index contributed by atoms with van der Waals surface area (Å²) >= 11 is 12.7. The quantitative estimate of drug-likeness (QED) is 0.176. The summed E-state index contributed by atoms with van der Waals surface area (Å²) in [6.45, 7) is 1.70. The van der Waals surface area contributed by atoms with E-state index in [0.29, 0.717) is 27.1 Å². The minimum Gasteiger partial charge on any atom is -0.489 e. The Hall–Kier alpha value is -4.51. The Morgan fingerprint density at radius 3 is 2.13 bits per heavy atom. The van der Waals surface area contributed by atoms with Crippen LogP contribution in [-0.2, 0) is 28.9 Å². The van der Waals surface area contributed by atoms with Gasteiger partial charge < -0.3 is 25.0 Å². The highest BCUT2D eigenvalue weighted by atomic mass is 35.5. The number of halogens is 5. The molecule has 7 nitrogen and oxygen atoms in total. The molecule has 4 aromatic rings. The van der Waals surface area contributed by atoms with Crippen molar-refractivity contribution in [3.8, 4) is 5.75 Å². The lowest BCUT2D eigenvalue weighted by Gasteiger charge is -2.41. The Labute approximate surface area is 279 Å². The van der Waals surface area contributed by atoms with Crippen molar-refractivity contribution in [2.24, 2.45) is 0 Å². The Balaban J connectivity index is 1.36. The SMILES string of the molecule is CN(C(=O)CNC(=O)c1ccc(C(F)(F)F)cc1)C1=Cc2cc(OCc3ccccc3Cl)ccc2NC1(C)OCc1ccccc1Cl. The number of nitrogens with zero attached hydrogens (tertiary/aromatic N) is 1. The van der Waals surface area contributed by atoms with Crippen LogP contribution in [0.2, 0.25) is 10.0 Å². The van der Waals surface area contributed by atoms with E-state index >= 15 is 0 Å². The maximum atomic E-state index is 13.4. The third kappa shape index (κ3) is 8.08. The molecule has 0 aromatic heterocycles. The zero-order valence-electron chi connectivity index (χ0n) is 25.3. The molecule has 0 radical (unpaired) electrons. The molecular formula is C35H30Cl2F3N3O4. The van der Waals surface area contributed by atoms with Crippen molar-refractivity contribution in [1.29, 1.82) is 0 Å². The normalized spacial score (nSPS) is 15.6. The average Bonchev–Trinajstić information content (AvgIpc) is 3.05. The Bertz CT molecular complexity index is 1810. The zero-order valence-corrected chi connectivity index (χ0v) is 26.8. The number of rotatable bonds is 10. The fourth-order valence-electron chi connectivity index (χ4n) is 4.93.